The van der Waals surface area contributed by atoms with Gasteiger partial charge in [0.15, 0.2) is 11.5 Å². The molecular weight excluding hydrogens is 602 g/mol. The third-order valence-electron chi connectivity index (χ3n) is 8.50. The molecule has 248 valence electrons. The van der Waals surface area contributed by atoms with Crippen LogP contribution in [0.5, 0.6) is 23.0 Å². The van der Waals surface area contributed by atoms with Crippen LogP contribution in [0.3, 0.4) is 0 Å². The lowest BCUT2D eigenvalue weighted by Gasteiger charge is -2.24. The summed E-state index contributed by atoms with van der Waals surface area (Å²) in [5.74, 6) is -1.84. The topological polar surface area (TPSA) is 152 Å². The van der Waals surface area contributed by atoms with E-state index in [0.717, 1.165) is 5.56 Å². The quantitative estimate of drug-likeness (QED) is 0.232. The summed E-state index contributed by atoms with van der Waals surface area (Å²) in [5, 5.41) is 36.2. The molecule has 3 aromatic carbocycles. The summed E-state index contributed by atoms with van der Waals surface area (Å²) >= 11 is 0. The van der Waals surface area contributed by atoms with Gasteiger partial charge in [0.25, 0.3) is 0 Å². The number of Topliss-reactive ketones (excluding diaryl/α,β-unsaturated/α-hetero) is 1. The fourth-order valence-electron chi connectivity index (χ4n) is 6.07. The zero-order valence-electron chi connectivity index (χ0n) is 26.4. The minimum atomic E-state index is -0.931. The van der Waals surface area contributed by atoms with Crippen LogP contribution in [0.15, 0.2) is 60.7 Å². The number of aromatic hydroxyl groups is 2. The van der Waals surface area contributed by atoms with E-state index in [1.54, 1.807) is 37.3 Å². The Bertz CT molecular complexity index is 1620. The van der Waals surface area contributed by atoms with Crippen molar-refractivity contribution in [3.8, 4) is 23.0 Å². The van der Waals surface area contributed by atoms with Gasteiger partial charge in [0.2, 0.25) is 12.7 Å². The van der Waals surface area contributed by atoms with Crippen molar-refractivity contribution in [3.63, 3.8) is 0 Å². The van der Waals surface area contributed by atoms with Gasteiger partial charge in [-0.3, -0.25) is 9.59 Å². The lowest BCUT2D eigenvalue weighted by molar-refractivity contribution is -0.122. The lowest BCUT2D eigenvalue weighted by Crippen LogP contribution is -2.39. The second-order valence-electron chi connectivity index (χ2n) is 12.1. The van der Waals surface area contributed by atoms with Gasteiger partial charge in [0, 0.05) is 30.7 Å². The van der Waals surface area contributed by atoms with E-state index in [-0.39, 0.29) is 48.0 Å². The van der Waals surface area contributed by atoms with Crippen molar-refractivity contribution in [1.29, 1.82) is 0 Å². The predicted molar refractivity (Wildman–Crippen MR) is 175 cm³/mol. The zero-order chi connectivity index (χ0) is 33.3. The second kappa shape index (κ2) is 15.6. The molecule has 0 saturated carbocycles. The Kier molecular flexibility index (Phi) is 11.2. The maximum absolute atomic E-state index is 13.6. The number of amides is 1. The van der Waals surface area contributed by atoms with Gasteiger partial charge < -0.3 is 34.8 Å². The molecule has 2 aliphatic heterocycles. The van der Waals surface area contributed by atoms with Crippen LogP contribution in [-0.2, 0) is 20.7 Å². The monoisotopic (exact) mass is 643 g/mol. The first-order valence-corrected chi connectivity index (χ1v) is 16.0. The van der Waals surface area contributed by atoms with Crippen LogP contribution >= 0.6 is 0 Å². The predicted octanol–water partition coefficient (Wildman–Crippen LogP) is 5.55. The number of rotatable bonds is 8. The van der Waals surface area contributed by atoms with Crippen LogP contribution in [0.4, 0.5) is 0 Å². The average Bonchev–Trinajstić information content (AvgIpc) is 3.52. The third kappa shape index (κ3) is 8.51. The maximum atomic E-state index is 13.6. The van der Waals surface area contributed by atoms with E-state index in [9.17, 15) is 29.7 Å². The van der Waals surface area contributed by atoms with E-state index in [4.69, 9.17) is 14.2 Å². The highest BCUT2D eigenvalue weighted by molar-refractivity contribution is 5.98. The molecule has 47 heavy (non-hydrogen) atoms. The van der Waals surface area contributed by atoms with Crippen LogP contribution in [0.2, 0.25) is 0 Å². The normalized spacial score (nSPS) is 18.7. The summed E-state index contributed by atoms with van der Waals surface area (Å²) in [6.07, 6.45) is 6.16. The van der Waals surface area contributed by atoms with E-state index in [1.165, 1.54) is 6.07 Å². The van der Waals surface area contributed by atoms with Gasteiger partial charge in [0.1, 0.15) is 22.8 Å². The molecule has 0 bridgehead atoms. The highest BCUT2D eigenvalue weighted by Crippen LogP contribution is 2.46. The fraction of sp³-hybridized carbons (Fsp3) is 0.378. The number of hydrogen-bond donors (Lipinski definition) is 4. The average molecular weight is 644 g/mol. The lowest BCUT2D eigenvalue weighted by atomic mass is 9.84. The molecule has 0 saturated heterocycles. The summed E-state index contributed by atoms with van der Waals surface area (Å²) in [5.41, 5.74) is 1.57. The highest BCUT2D eigenvalue weighted by Gasteiger charge is 2.32. The number of carbonyl (C=O) groups is 3. The van der Waals surface area contributed by atoms with Crippen LogP contribution < -0.4 is 14.8 Å². The van der Waals surface area contributed by atoms with Crippen molar-refractivity contribution in [2.45, 2.75) is 76.4 Å². The number of benzene rings is 3. The number of ether oxygens (including phenoxy) is 3. The Labute approximate surface area is 274 Å². The van der Waals surface area contributed by atoms with Crippen LogP contribution in [0.25, 0.3) is 6.08 Å². The summed E-state index contributed by atoms with van der Waals surface area (Å²) < 4.78 is 16.8. The number of esters is 1. The molecule has 10 nitrogen and oxygen atoms in total. The Balaban J connectivity index is 1.53. The molecule has 0 aliphatic carbocycles. The Hall–Kier alpha value is -4.83. The summed E-state index contributed by atoms with van der Waals surface area (Å²) in [6, 6.07) is 15.3. The van der Waals surface area contributed by atoms with Crippen LogP contribution in [-0.4, -0.2) is 58.5 Å². The first-order valence-electron chi connectivity index (χ1n) is 16.0. The number of hydrogen-bond acceptors (Lipinski definition) is 9. The number of ketones is 1. The molecule has 0 radical (unpaired) electrons. The molecule has 3 aromatic rings. The van der Waals surface area contributed by atoms with Gasteiger partial charge in [-0.25, -0.2) is 4.79 Å². The number of phenols is 2. The van der Waals surface area contributed by atoms with Crippen molar-refractivity contribution in [3.05, 3.63) is 88.5 Å². The number of phenolic OH excluding ortho intramolecular Hbond substituents is 2. The number of allylic oxidation sites excluding steroid dienone is 1. The highest BCUT2D eigenvalue weighted by atomic mass is 16.7. The molecule has 10 heteroatoms. The smallest absolute Gasteiger partial charge is 0.342 e. The van der Waals surface area contributed by atoms with E-state index in [0.29, 0.717) is 62.0 Å². The van der Waals surface area contributed by atoms with E-state index in [2.05, 4.69) is 5.32 Å². The number of cyclic esters (lactones) is 1. The first-order chi connectivity index (χ1) is 22.7. The molecule has 2 unspecified atom stereocenters. The van der Waals surface area contributed by atoms with Crippen LogP contribution in [0.1, 0.15) is 90.4 Å². The summed E-state index contributed by atoms with van der Waals surface area (Å²) in [6.45, 7) is 1.46. The van der Waals surface area contributed by atoms with Crippen molar-refractivity contribution >= 4 is 23.7 Å². The van der Waals surface area contributed by atoms with E-state index in [1.807, 2.05) is 30.3 Å². The number of aliphatic hydroxyl groups excluding tert-OH is 1. The van der Waals surface area contributed by atoms with Gasteiger partial charge in [-0.05, 0) is 73.9 Å². The number of aliphatic hydroxyl groups is 1. The number of nitrogens with one attached hydrogen (secondary N) is 1. The third-order valence-corrected chi connectivity index (χ3v) is 8.50. The summed E-state index contributed by atoms with van der Waals surface area (Å²) in [4.78, 5) is 39.4. The minimum absolute atomic E-state index is 0.0221. The first kappa shape index (κ1) is 33.5. The summed E-state index contributed by atoms with van der Waals surface area (Å²) in [7, 11) is 0. The van der Waals surface area contributed by atoms with Crippen molar-refractivity contribution < 1.29 is 43.9 Å². The van der Waals surface area contributed by atoms with E-state index < -0.39 is 35.7 Å². The molecule has 3 atom stereocenters. The molecular formula is C37H41NO9. The number of carbonyl (C=O) groups excluding carboxylic acids is 3. The maximum Gasteiger partial charge on any atom is 0.342 e. The standard InChI is InChI=1S/C37H41NO9/c1-23-9-8-14-28(40)13-7-3-6-12-26-18-30(41)35(36(43)34(26)37(44)47-23)29(25-15-16-31-32(19-25)46-22-45-31)20-33(42)38-27(21-39)17-24-10-4-2-5-11-24/h2,4-6,10-12,15-16,18-19,23,27,29,39,41,43H,3,7-9,13-14,17,20-22H2,1H3,(H,38,42)/b12-6+/t23-,27?,29?/m0/s1. The van der Waals surface area contributed by atoms with Gasteiger partial charge >= 0.3 is 5.97 Å². The molecule has 1 amide bonds. The van der Waals surface area contributed by atoms with Gasteiger partial charge in [-0.2, -0.15) is 0 Å². The number of fused-ring (bicyclic) bond motifs is 2. The molecule has 0 fully saturated rings. The Morgan fingerprint density at radius 1 is 1.00 bits per heavy atom. The Morgan fingerprint density at radius 3 is 2.55 bits per heavy atom. The zero-order valence-corrected chi connectivity index (χ0v) is 26.4. The molecule has 5 rings (SSSR count). The molecule has 2 heterocycles. The molecule has 4 N–H and O–H groups in total. The molecule has 0 aromatic heterocycles. The largest absolute Gasteiger partial charge is 0.507 e. The SMILES string of the molecule is C[C@H]1CCCC(=O)CCC/C=C/c2cc(O)c(C(CC(=O)NC(CO)Cc3ccccc3)c3ccc4c(c3)OCO4)c(O)c2C(=O)O1. The van der Waals surface area contributed by atoms with Crippen molar-refractivity contribution in [1.82, 2.24) is 5.32 Å². The molecule has 2 aliphatic rings. The second-order valence-corrected chi connectivity index (χ2v) is 12.1. The fourth-order valence-corrected chi connectivity index (χ4v) is 6.07. The van der Waals surface area contributed by atoms with Crippen LogP contribution in [0, 0.1) is 0 Å². The molecule has 0 spiro atoms. The van der Waals surface area contributed by atoms with Crippen molar-refractivity contribution in [2.75, 3.05) is 13.4 Å². The van der Waals surface area contributed by atoms with Crippen molar-refractivity contribution in [2.24, 2.45) is 0 Å². The van der Waals surface area contributed by atoms with Gasteiger partial charge in [-0.1, -0.05) is 48.6 Å². The van der Waals surface area contributed by atoms with Gasteiger partial charge in [-0.15, -0.1) is 0 Å². The Morgan fingerprint density at radius 2 is 1.77 bits per heavy atom. The van der Waals surface area contributed by atoms with Gasteiger partial charge in [0.05, 0.1) is 18.8 Å². The van der Waals surface area contributed by atoms with E-state index >= 15 is 0 Å². The minimum Gasteiger partial charge on any atom is -0.507 e.